The zero-order valence-corrected chi connectivity index (χ0v) is 23.8. The second-order valence-electron chi connectivity index (χ2n) is 10.0. The summed E-state index contributed by atoms with van der Waals surface area (Å²) in [5, 5.41) is 5.92. The van der Waals surface area contributed by atoms with Gasteiger partial charge >= 0.3 is 0 Å². The number of piperazine rings is 1. The molecule has 2 aliphatic heterocycles. The van der Waals surface area contributed by atoms with E-state index in [1.165, 1.54) is 17.0 Å². The third-order valence-electron chi connectivity index (χ3n) is 7.53. The Morgan fingerprint density at radius 3 is 2.36 bits per heavy atom. The van der Waals surface area contributed by atoms with Gasteiger partial charge in [-0.15, -0.1) is 0 Å². The summed E-state index contributed by atoms with van der Waals surface area (Å²) < 4.78 is 26.1. The maximum absolute atomic E-state index is 13.8. The molecule has 0 atom stereocenters. The number of likely N-dealkylation sites (N-methyl/N-ethyl adjacent to an activating group) is 2. The van der Waals surface area contributed by atoms with E-state index < -0.39 is 10.0 Å². The second kappa shape index (κ2) is 9.95. The highest BCUT2D eigenvalue weighted by Gasteiger charge is 2.33. The lowest BCUT2D eigenvalue weighted by atomic mass is 10.0. The highest BCUT2D eigenvalue weighted by Crippen LogP contribution is 2.40. The predicted octanol–water partition coefficient (Wildman–Crippen LogP) is 3.30. The molecule has 0 saturated carbocycles. The second-order valence-corrected chi connectivity index (χ2v) is 12.0. The monoisotopic (exact) mass is 567 g/mol. The van der Waals surface area contributed by atoms with Crippen LogP contribution in [0.1, 0.15) is 32.9 Å². The van der Waals surface area contributed by atoms with Gasteiger partial charge in [-0.1, -0.05) is 17.7 Å². The van der Waals surface area contributed by atoms with Crippen molar-refractivity contribution in [3.63, 3.8) is 0 Å². The minimum absolute atomic E-state index is 0.0645. The van der Waals surface area contributed by atoms with Gasteiger partial charge in [0.05, 0.1) is 27.4 Å². The van der Waals surface area contributed by atoms with Crippen molar-refractivity contribution in [2.45, 2.75) is 18.7 Å². The van der Waals surface area contributed by atoms with E-state index in [1.54, 1.807) is 31.3 Å². The normalized spacial score (nSPS) is 17.3. The average molecular weight is 568 g/mol. The van der Waals surface area contributed by atoms with Crippen molar-refractivity contribution < 1.29 is 18.0 Å². The molecule has 39 heavy (non-hydrogen) atoms. The van der Waals surface area contributed by atoms with E-state index in [0.29, 0.717) is 46.2 Å². The number of primary sulfonamides is 1. The first kappa shape index (κ1) is 27.1. The van der Waals surface area contributed by atoms with E-state index in [4.69, 9.17) is 16.7 Å². The van der Waals surface area contributed by atoms with Gasteiger partial charge in [-0.2, -0.15) is 0 Å². The number of anilines is 1. The maximum Gasteiger partial charge on any atom is 0.258 e. The quantitative estimate of drug-likeness (QED) is 0.487. The zero-order chi connectivity index (χ0) is 28.2. The Bertz CT molecular complexity index is 1650. The number of benzene rings is 2. The number of aromatic nitrogens is 1. The third-order valence-corrected chi connectivity index (χ3v) is 8.68. The molecule has 2 amide bonds. The number of amides is 2. The third kappa shape index (κ3) is 4.78. The van der Waals surface area contributed by atoms with Crippen LogP contribution in [-0.4, -0.2) is 74.9 Å². The van der Waals surface area contributed by atoms with Gasteiger partial charge in [-0.05, 0) is 68.9 Å². The van der Waals surface area contributed by atoms with Crippen LogP contribution in [0, 0.1) is 13.8 Å². The Labute approximate surface area is 233 Å². The molecule has 0 spiro atoms. The van der Waals surface area contributed by atoms with E-state index >= 15 is 0 Å². The molecule has 3 aromatic rings. The molecule has 11 heteroatoms. The summed E-state index contributed by atoms with van der Waals surface area (Å²) in [7, 11) is -0.312. The van der Waals surface area contributed by atoms with Crippen molar-refractivity contribution in [3.05, 3.63) is 75.6 Å². The molecular weight excluding hydrogens is 538 g/mol. The van der Waals surface area contributed by atoms with Crippen molar-refractivity contribution in [2.75, 3.05) is 45.2 Å². The first-order valence-electron chi connectivity index (χ1n) is 12.5. The van der Waals surface area contributed by atoms with Crippen molar-refractivity contribution in [3.8, 4) is 5.69 Å². The molecule has 2 aromatic carbocycles. The fourth-order valence-electron chi connectivity index (χ4n) is 5.34. The molecule has 9 nitrogen and oxygen atoms in total. The minimum Gasteiger partial charge on any atom is -0.336 e. The van der Waals surface area contributed by atoms with Crippen LogP contribution in [0.5, 0.6) is 0 Å². The summed E-state index contributed by atoms with van der Waals surface area (Å²) in [6.45, 7) is 6.59. The highest BCUT2D eigenvalue weighted by molar-refractivity contribution is 7.89. The van der Waals surface area contributed by atoms with Gasteiger partial charge in [0.2, 0.25) is 10.0 Å². The van der Waals surface area contributed by atoms with Crippen molar-refractivity contribution in [2.24, 2.45) is 5.14 Å². The van der Waals surface area contributed by atoms with E-state index in [1.807, 2.05) is 42.5 Å². The Hall–Kier alpha value is -3.44. The van der Waals surface area contributed by atoms with Gasteiger partial charge in [0.15, 0.2) is 0 Å². The highest BCUT2D eigenvalue weighted by atomic mass is 35.5. The fourth-order valence-corrected chi connectivity index (χ4v) is 6.07. The first-order valence-corrected chi connectivity index (χ1v) is 14.4. The molecule has 5 rings (SSSR count). The number of hydrogen-bond donors (Lipinski definition) is 1. The van der Waals surface area contributed by atoms with Gasteiger partial charge in [0, 0.05) is 55.2 Å². The van der Waals surface area contributed by atoms with Crippen molar-refractivity contribution in [1.82, 2.24) is 14.4 Å². The van der Waals surface area contributed by atoms with Crippen molar-refractivity contribution in [1.29, 1.82) is 0 Å². The molecule has 204 valence electrons. The number of nitrogens with zero attached hydrogens (tertiary/aromatic N) is 4. The number of carbonyl (C=O) groups excluding carboxylic acids is 2. The van der Waals surface area contributed by atoms with Crippen LogP contribution in [0.4, 0.5) is 5.69 Å². The Morgan fingerprint density at radius 2 is 1.72 bits per heavy atom. The summed E-state index contributed by atoms with van der Waals surface area (Å²) >= 11 is 6.35. The van der Waals surface area contributed by atoms with Gasteiger partial charge in [-0.25, -0.2) is 13.6 Å². The Balaban J connectivity index is 1.73. The number of fused-ring (bicyclic) bond motifs is 1. The van der Waals surface area contributed by atoms with Crippen LogP contribution in [0.15, 0.2) is 47.4 Å². The number of sulfonamides is 1. The van der Waals surface area contributed by atoms with Crippen LogP contribution >= 0.6 is 11.6 Å². The molecule has 0 aliphatic carbocycles. The number of hydrogen-bond acceptors (Lipinski definition) is 5. The van der Waals surface area contributed by atoms with Gasteiger partial charge in [0.1, 0.15) is 0 Å². The molecular formula is C28H30ClN5O4S. The minimum atomic E-state index is -3.98. The molecule has 2 aliphatic rings. The topological polar surface area (TPSA) is 109 Å². The average Bonchev–Trinajstić information content (AvgIpc) is 3.27. The van der Waals surface area contributed by atoms with Gasteiger partial charge in [0.25, 0.3) is 11.8 Å². The molecule has 2 N–H and O–H groups in total. The lowest BCUT2D eigenvalue weighted by Gasteiger charge is -2.32. The SMILES string of the molecule is Cc1c(C(=O)N2CCN(C)CC2)c(C)n(-c2cccc(Cl)c2)c1/C=C1\C(=O)N(C)c2ccc(S(N)(=O)=O)cc21. The number of halogens is 1. The standard InChI is InChI=1S/C28H30ClN5O4S/c1-17-25(16-23-22-15-21(39(30,37)38)8-9-24(22)32(4)27(23)35)34(20-7-5-6-19(29)14-20)18(2)26(17)28(36)33-12-10-31(3)11-13-33/h5-9,14-16H,10-13H2,1-4H3,(H2,30,37,38)/b23-16-. The maximum atomic E-state index is 13.8. The lowest BCUT2D eigenvalue weighted by molar-refractivity contribution is -0.112. The largest absolute Gasteiger partial charge is 0.336 e. The summed E-state index contributed by atoms with van der Waals surface area (Å²) in [6.07, 6.45) is 1.72. The molecule has 0 unspecified atom stereocenters. The fraction of sp³-hybridized carbons (Fsp3) is 0.286. The number of nitrogens with two attached hydrogens (primary N) is 1. The molecule has 1 aromatic heterocycles. The summed E-state index contributed by atoms with van der Waals surface area (Å²) in [6, 6.07) is 11.7. The Kier molecular flexibility index (Phi) is 6.92. The van der Waals surface area contributed by atoms with Crippen LogP contribution in [-0.2, 0) is 14.8 Å². The molecule has 0 bridgehead atoms. The van der Waals surface area contributed by atoms with E-state index in [-0.39, 0.29) is 16.7 Å². The van der Waals surface area contributed by atoms with Crippen LogP contribution < -0.4 is 10.0 Å². The molecule has 0 radical (unpaired) electrons. The molecule has 3 heterocycles. The summed E-state index contributed by atoms with van der Waals surface area (Å²) in [5.41, 5.74) is 4.73. The zero-order valence-electron chi connectivity index (χ0n) is 22.2. The van der Waals surface area contributed by atoms with Crippen LogP contribution in [0.3, 0.4) is 0 Å². The summed E-state index contributed by atoms with van der Waals surface area (Å²) in [5.74, 6) is -0.357. The number of rotatable bonds is 4. The molecule has 1 fully saturated rings. The molecule has 1 saturated heterocycles. The van der Waals surface area contributed by atoms with Crippen LogP contribution in [0.2, 0.25) is 5.02 Å². The smallest absolute Gasteiger partial charge is 0.258 e. The van der Waals surface area contributed by atoms with Crippen molar-refractivity contribution >= 4 is 50.8 Å². The number of carbonyl (C=O) groups is 2. The van der Waals surface area contributed by atoms with Gasteiger partial charge < -0.3 is 19.3 Å². The van der Waals surface area contributed by atoms with E-state index in [2.05, 4.69) is 4.90 Å². The first-order chi connectivity index (χ1) is 18.4. The lowest BCUT2D eigenvalue weighted by Crippen LogP contribution is -2.47. The predicted molar refractivity (Wildman–Crippen MR) is 153 cm³/mol. The van der Waals surface area contributed by atoms with E-state index in [0.717, 1.165) is 30.0 Å². The Morgan fingerprint density at radius 1 is 1.03 bits per heavy atom. The summed E-state index contributed by atoms with van der Waals surface area (Å²) in [4.78, 5) is 32.7. The van der Waals surface area contributed by atoms with Gasteiger partial charge in [-0.3, -0.25) is 9.59 Å². The van der Waals surface area contributed by atoms with E-state index in [9.17, 15) is 18.0 Å². The van der Waals surface area contributed by atoms with Crippen LogP contribution in [0.25, 0.3) is 17.3 Å².